The first-order valence-corrected chi connectivity index (χ1v) is 6.02. The summed E-state index contributed by atoms with van der Waals surface area (Å²) in [5.41, 5.74) is 1.02. The topological polar surface area (TPSA) is 44.1 Å². The molecule has 4 nitrogen and oxygen atoms in total. The molecule has 4 heteroatoms. The van der Waals surface area contributed by atoms with Crippen molar-refractivity contribution in [3.63, 3.8) is 0 Å². The van der Waals surface area contributed by atoms with Crippen molar-refractivity contribution in [2.75, 3.05) is 0 Å². The molecule has 3 rings (SSSR count). The molecule has 1 aliphatic rings. The van der Waals surface area contributed by atoms with Crippen molar-refractivity contribution in [3.05, 3.63) is 54.6 Å². The molecule has 1 heterocycles. The van der Waals surface area contributed by atoms with Gasteiger partial charge in [0.05, 0.1) is 12.2 Å². The van der Waals surface area contributed by atoms with E-state index in [1.165, 1.54) is 0 Å². The summed E-state index contributed by atoms with van der Waals surface area (Å²) >= 11 is 0. The highest BCUT2D eigenvalue weighted by molar-refractivity contribution is 5.76. The van der Waals surface area contributed by atoms with Gasteiger partial charge in [0.15, 0.2) is 0 Å². The molecular formula is C14H14N2O2. The zero-order valence-corrected chi connectivity index (χ0v) is 9.90. The third-order valence-electron chi connectivity index (χ3n) is 3.19. The Morgan fingerprint density at radius 3 is 2.94 bits per heavy atom. The van der Waals surface area contributed by atoms with Gasteiger partial charge in [-0.3, -0.25) is 4.79 Å². The summed E-state index contributed by atoms with van der Waals surface area (Å²) in [7, 11) is 0. The maximum atomic E-state index is 11.8. The molecular weight excluding hydrogens is 228 g/mol. The number of hydrogen-bond acceptors (Lipinski definition) is 3. The first kappa shape index (κ1) is 11.0. The minimum absolute atomic E-state index is 0.0112. The van der Waals surface area contributed by atoms with E-state index in [1.54, 1.807) is 12.5 Å². The molecule has 1 saturated carbocycles. The number of ether oxygens (including phenoxy) is 1. The van der Waals surface area contributed by atoms with Gasteiger partial charge >= 0.3 is 5.97 Å². The summed E-state index contributed by atoms with van der Waals surface area (Å²) in [5.74, 6) is -0.125. The number of imidazole rings is 1. The maximum absolute atomic E-state index is 11.8. The maximum Gasteiger partial charge on any atom is 0.311 e. The summed E-state index contributed by atoms with van der Waals surface area (Å²) in [4.78, 5) is 15.8. The van der Waals surface area contributed by atoms with Crippen LogP contribution in [-0.4, -0.2) is 15.5 Å². The van der Waals surface area contributed by atoms with Gasteiger partial charge in [0.1, 0.15) is 6.61 Å². The van der Waals surface area contributed by atoms with Gasteiger partial charge in [-0.15, -0.1) is 0 Å². The highest BCUT2D eigenvalue weighted by Crippen LogP contribution is 2.43. The van der Waals surface area contributed by atoms with Gasteiger partial charge in [-0.1, -0.05) is 30.3 Å². The quantitative estimate of drug-likeness (QED) is 0.772. The predicted molar refractivity (Wildman–Crippen MR) is 65.6 cm³/mol. The van der Waals surface area contributed by atoms with Gasteiger partial charge in [0.2, 0.25) is 0 Å². The van der Waals surface area contributed by atoms with E-state index in [1.807, 2.05) is 41.1 Å². The molecule has 0 N–H and O–H groups in total. The molecule has 18 heavy (non-hydrogen) atoms. The number of carbonyl (C=O) groups is 1. The average molecular weight is 242 g/mol. The van der Waals surface area contributed by atoms with E-state index < -0.39 is 0 Å². The molecule has 1 aliphatic carbocycles. The Balaban J connectivity index is 1.52. The summed E-state index contributed by atoms with van der Waals surface area (Å²) in [6.45, 7) is 0.354. The lowest BCUT2D eigenvalue weighted by Crippen LogP contribution is -2.09. The number of esters is 1. The SMILES string of the molecule is O=C(OCc1ccccc1)C1CC1n1ccnc1. The zero-order chi connectivity index (χ0) is 12.4. The van der Waals surface area contributed by atoms with Crippen LogP contribution >= 0.6 is 0 Å². The number of benzene rings is 1. The van der Waals surface area contributed by atoms with Gasteiger partial charge in [0.25, 0.3) is 0 Å². The molecule has 2 unspecified atom stereocenters. The van der Waals surface area contributed by atoms with Crippen molar-refractivity contribution >= 4 is 5.97 Å². The fraction of sp³-hybridized carbons (Fsp3) is 0.286. The number of aromatic nitrogens is 2. The summed E-state index contributed by atoms with van der Waals surface area (Å²) < 4.78 is 7.27. The Kier molecular flexibility index (Phi) is 2.84. The number of nitrogens with zero attached hydrogens (tertiary/aromatic N) is 2. The normalized spacial score (nSPS) is 21.6. The number of carbonyl (C=O) groups excluding carboxylic acids is 1. The molecule has 0 saturated heterocycles. The Bertz CT molecular complexity index is 522. The first-order valence-electron chi connectivity index (χ1n) is 6.02. The van der Waals surface area contributed by atoms with E-state index in [0.717, 1.165) is 12.0 Å². The van der Waals surface area contributed by atoms with E-state index in [2.05, 4.69) is 4.98 Å². The van der Waals surface area contributed by atoms with E-state index >= 15 is 0 Å². The molecule has 0 amide bonds. The number of rotatable bonds is 4. The zero-order valence-electron chi connectivity index (χ0n) is 9.90. The first-order chi connectivity index (χ1) is 8.84. The number of hydrogen-bond donors (Lipinski definition) is 0. The third kappa shape index (κ3) is 2.27. The lowest BCUT2D eigenvalue weighted by Gasteiger charge is -2.04. The minimum Gasteiger partial charge on any atom is -0.461 e. The van der Waals surface area contributed by atoms with Crippen LogP contribution in [0.15, 0.2) is 49.1 Å². The molecule has 0 radical (unpaired) electrons. The van der Waals surface area contributed by atoms with Gasteiger partial charge < -0.3 is 9.30 Å². The lowest BCUT2D eigenvalue weighted by atomic mass is 10.2. The summed E-state index contributed by atoms with van der Waals surface area (Å²) in [5, 5.41) is 0. The molecule has 0 spiro atoms. The average Bonchev–Trinajstić information content (AvgIpc) is 3.03. The van der Waals surface area contributed by atoms with Crippen LogP contribution in [0.2, 0.25) is 0 Å². The summed E-state index contributed by atoms with van der Waals surface area (Å²) in [6, 6.07) is 9.96. The standard InChI is InChI=1S/C14H14N2O2/c17-14(18-9-11-4-2-1-3-5-11)12-8-13(12)16-7-6-15-10-16/h1-7,10,12-13H,8-9H2. The van der Waals surface area contributed by atoms with Crippen LogP contribution in [0.4, 0.5) is 0 Å². The fourth-order valence-corrected chi connectivity index (χ4v) is 2.07. The van der Waals surface area contributed by atoms with Crippen LogP contribution in [0.25, 0.3) is 0 Å². The molecule has 1 aromatic carbocycles. The summed E-state index contributed by atoms with van der Waals surface area (Å²) in [6.07, 6.45) is 6.21. The van der Waals surface area contributed by atoms with Crippen LogP contribution < -0.4 is 0 Å². The van der Waals surface area contributed by atoms with Gasteiger partial charge in [-0.05, 0) is 12.0 Å². The largest absolute Gasteiger partial charge is 0.461 e. The van der Waals surface area contributed by atoms with Crippen molar-refractivity contribution in [1.29, 1.82) is 0 Å². The molecule has 1 aromatic heterocycles. The molecule has 92 valence electrons. The van der Waals surface area contributed by atoms with Crippen molar-refractivity contribution in [2.24, 2.45) is 5.92 Å². The van der Waals surface area contributed by atoms with E-state index in [-0.39, 0.29) is 17.9 Å². The predicted octanol–water partition coefficient (Wildman–Crippen LogP) is 2.19. The second-order valence-corrected chi connectivity index (χ2v) is 4.51. The van der Waals surface area contributed by atoms with Crippen molar-refractivity contribution in [2.45, 2.75) is 19.1 Å². The smallest absolute Gasteiger partial charge is 0.311 e. The highest BCUT2D eigenvalue weighted by atomic mass is 16.5. The Hall–Kier alpha value is -2.10. The highest BCUT2D eigenvalue weighted by Gasteiger charge is 2.45. The Labute approximate surface area is 105 Å². The van der Waals surface area contributed by atoms with Crippen molar-refractivity contribution < 1.29 is 9.53 Å². The molecule has 1 fully saturated rings. The Morgan fingerprint density at radius 1 is 1.39 bits per heavy atom. The van der Waals surface area contributed by atoms with Crippen molar-refractivity contribution in [1.82, 2.24) is 9.55 Å². The third-order valence-corrected chi connectivity index (χ3v) is 3.19. The molecule has 0 aliphatic heterocycles. The molecule has 0 bridgehead atoms. The lowest BCUT2D eigenvalue weighted by molar-refractivity contribution is -0.146. The van der Waals surface area contributed by atoms with E-state index in [4.69, 9.17) is 4.74 Å². The van der Waals surface area contributed by atoms with Gasteiger partial charge in [-0.2, -0.15) is 0 Å². The van der Waals surface area contributed by atoms with E-state index in [0.29, 0.717) is 6.61 Å². The second kappa shape index (κ2) is 4.64. The molecule has 2 atom stereocenters. The Morgan fingerprint density at radius 2 is 2.22 bits per heavy atom. The van der Waals surface area contributed by atoms with E-state index in [9.17, 15) is 4.79 Å². The monoisotopic (exact) mass is 242 g/mol. The van der Waals surface area contributed by atoms with Gasteiger partial charge in [0, 0.05) is 18.4 Å². The fourth-order valence-electron chi connectivity index (χ4n) is 2.07. The van der Waals surface area contributed by atoms with Crippen LogP contribution in [0.1, 0.15) is 18.0 Å². The van der Waals surface area contributed by atoms with Gasteiger partial charge in [-0.25, -0.2) is 4.98 Å². The van der Waals surface area contributed by atoms with Crippen LogP contribution in [-0.2, 0) is 16.1 Å². The van der Waals surface area contributed by atoms with Crippen LogP contribution in [0.3, 0.4) is 0 Å². The second-order valence-electron chi connectivity index (χ2n) is 4.51. The van der Waals surface area contributed by atoms with Crippen LogP contribution in [0.5, 0.6) is 0 Å². The van der Waals surface area contributed by atoms with Crippen molar-refractivity contribution in [3.8, 4) is 0 Å². The molecule has 2 aromatic rings. The van der Waals surface area contributed by atoms with Crippen LogP contribution in [0, 0.1) is 5.92 Å². The minimum atomic E-state index is -0.113.